The third kappa shape index (κ3) is 3.41. The number of thioether (sulfide) groups is 1. The Labute approximate surface area is 112 Å². The number of aromatic carboxylic acids is 1. The molecule has 2 rings (SSSR count). The third-order valence-electron chi connectivity index (χ3n) is 2.41. The summed E-state index contributed by atoms with van der Waals surface area (Å²) in [7, 11) is 0. The van der Waals surface area contributed by atoms with Crippen molar-refractivity contribution < 1.29 is 9.90 Å². The highest BCUT2D eigenvalue weighted by Gasteiger charge is 2.05. The van der Waals surface area contributed by atoms with Crippen LogP contribution in [-0.2, 0) is 5.75 Å². The number of rotatable bonds is 4. The van der Waals surface area contributed by atoms with Crippen LogP contribution in [-0.4, -0.2) is 26.3 Å². The van der Waals surface area contributed by atoms with E-state index in [1.54, 1.807) is 31.2 Å². The summed E-state index contributed by atoms with van der Waals surface area (Å²) >= 11 is 1.39. The van der Waals surface area contributed by atoms with Gasteiger partial charge in [-0.05, 0) is 24.6 Å². The molecule has 2 aromatic rings. The Balaban J connectivity index is 2.08. The van der Waals surface area contributed by atoms with Crippen LogP contribution in [0, 0.1) is 6.92 Å². The number of aromatic nitrogens is 3. The first-order valence-corrected chi connectivity index (χ1v) is 6.43. The summed E-state index contributed by atoms with van der Waals surface area (Å²) in [6, 6.07) is 6.59. The van der Waals surface area contributed by atoms with E-state index >= 15 is 0 Å². The molecule has 7 heteroatoms. The van der Waals surface area contributed by atoms with Gasteiger partial charge in [-0.2, -0.15) is 10.1 Å². The van der Waals surface area contributed by atoms with Crippen molar-refractivity contribution in [2.45, 2.75) is 17.7 Å². The van der Waals surface area contributed by atoms with E-state index in [9.17, 15) is 9.59 Å². The van der Waals surface area contributed by atoms with Crippen molar-refractivity contribution >= 4 is 17.7 Å². The van der Waals surface area contributed by atoms with E-state index in [0.29, 0.717) is 16.5 Å². The molecule has 0 unspecified atom stereocenters. The molecule has 19 heavy (non-hydrogen) atoms. The lowest BCUT2D eigenvalue weighted by atomic mass is 10.1. The molecule has 0 radical (unpaired) electrons. The molecule has 0 saturated heterocycles. The maximum Gasteiger partial charge on any atom is 0.362 e. The van der Waals surface area contributed by atoms with Crippen molar-refractivity contribution in [1.29, 1.82) is 0 Å². The molecule has 0 bridgehead atoms. The summed E-state index contributed by atoms with van der Waals surface area (Å²) in [4.78, 5) is 25.6. The molecule has 1 heterocycles. The quantitative estimate of drug-likeness (QED) is 0.821. The number of carboxylic acids is 1. The molecule has 0 aliphatic heterocycles. The smallest absolute Gasteiger partial charge is 0.362 e. The zero-order chi connectivity index (χ0) is 13.8. The summed E-state index contributed by atoms with van der Waals surface area (Å²) in [5.74, 6) is -0.353. The van der Waals surface area contributed by atoms with Crippen LogP contribution >= 0.6 is 11.8 Å². The zero-order valence-electron chi connectivity index (χ0n) is 10.1. The summed E-state index contributed by atoms with van der Waals surface area (Å²) < 4.78 is 0. The monoisotopic (exact) mass is 277 g/mol. The average Bonchev–Trinajstić information content (AvgIpc) is 2.40. The van der Waals surface area contributed by atoms with Crippen LogP contribution in [0.4, 0.5) is 0 Å². The summed E-state index contributed by atoms with van der Waals surface area (Å²) in [5.41, 5.74) is 1.39. The number of hydrogen-bond donors (Lipinski definition) is 2. The Morgan fingerprint density at radius 3 is 2.68 bits per heavy atom. The van der Waals surface area contributed by atoms with Crippen molar-refractivity contribution in [3.05, 3.63) is 51.6 Å². The van der Waals surface area contributed by atoms with Crippen molar-refractivity contribution in [1.82, 2.24) is 15.2 Å². The van der Waals surface area contributed by atoms with Gasteiger partial charge < -0.3 is 5.11 Å². The van der Waals surface area contributed by atoms with Gasteiger partial charge in [-0.25, -0.2) is 14.7 Å². The van der Waals surface area contributed by atoms with Crippen molar-refractivity contribution in [3.8, 4) is 0 Å². The van der Waals surface area contributed by atoms with Gasteiger partial charge in [0.2, 0.25) is 0 Å². The molecule has 2 N–H and O–H groups in total. The molecule has 0 atom stereocenters. The molecule has 1 aromatic heterocycles. The van der Waals surface area contributed by atoms with Crippen LogP contribution in [0.25, 0.3) is 0 Å². The van der Waals surface area contributed by atoms with Crippen LogP contribution in [0.5, 0.6) is 0 Å². The standard InChI is InChI=1S/C12H11N3O3S/c1-7-10(13-12(18)15-14-7)19-6-8-2-4-9(5-3-8)11(16)17/h2-5H,6H2,1H3,(H,16,17)(H,13,15,18). The van der Waals surface area contributed by atoms with Gasteiger partial charge in [0.05, 0.1) is 11.3 Å². The molecule has 0 fully saturated rings. The topological polar surface area (TPSA) is 95.9 Å². The number of benzene rings is 1. The van der Waals surface area contributed by atoms with E-state index < -0.39 is 11.7 Å². The maximum absolute atomic E-state index is 11.1. The Morgan fingerprint density at radius 1 is 1.37 bits per heavy atom. The molecular formula is C12H11N3O3S. The van der Waals surface area contributed by atoms with E-state index in [0.717, 1.165) is 5.56 Å². The molecule has 0 aliphatic rings. The van der Waals surface area contributed by atoms with E-state index in [2.05, 4.69) is 15.2 Å². The summed E-state index contributed by atoms with van der Waals surface area (Å²) in [6.45, 7) is 1.76. The second kappa shape index (κ2) is 5.66. The zero-order valence-corrected chi connectivity index (χ0v) is 10.9. The molecule has 6 nitrogen and oxygen atoms in total. The predicted molar refractivity (Wildman–Crippen MR) is 70.4 cm³/mol. The van der Waals surface area contributed by atoms with E-state index in [1.807, 2.05) is 0 Å². The fraction of sp³-hybridized carbons (Fsp3) is 0.167. The number of carboxylic acid groups (broad SMARTS) is 1. The Morgan fingerprint density at radius 2 is 2.05 bits per heavy atom. The summed E-state index contributed by atoms with van der Waals surface area (Å²) in [5, 5.41) is 15.5. The highest BCUT2D eigenvalue weighted by atomic mass is 32.2. The molecule has 1 aromatic carbocycles. The predicted octanol–water partition coefficient (Wildman–Crippen LogP) is 1.46. The van der Waals surface area contributed by atoms with Crippen LogP contribution < -0.4 is 5.69 Å². The van der Waals surface area contributed by atoms with Gasteiger partial charge in [0, 0.05) is 5.75 Å². The highest BCUT2D eigenvalue weighted by Crippen LogP contribution is 2.21. The lowest BCUT2D eigenvalue weighted by Gasteiger charge is -2.03. The van der Waals surface area contributed by atoms with Crippen LogP contribution in [0.1, 0.15) is 21.6 Å². The van der Waals surface area contributed by atoms with E-state index in [4.69, 9.17) is 5.11 Å². The SMILES string of the molecule is Cc1n[nH]c(=O)nc1SCc1ccc(C(=O)O)cc1. The van der Waals surface area contributed by atoms with Gasteiger partial charge >= 0.3 is 11.7 Å². The Hall–Kier alpha value is -2.15. The molecule has 0 spiro atoms. The number of H-pyrrole nitrogens is 1. The van der Waals surface area contributed by atoms with Crippen molar-refractivity contribution in [2.75, 3.05) is 0 Å². The molecule has 0 saturated carbocycles. The van der Waals surface area contributed by atoms with Crippen LogP contribution in [0.3, 0.4) is 0 Å². The van der Waals surface area contributed by atoms with Gasteiger partial charge in [-0.1, -0.05) is 23.9 Å². The second-order valence-electron chi connectivity index (χ2n) is 3.82. The van der Waals surface area contributed by atoms with Crippen LogP contribution in [0.15, 0.2) is 34.1 Å². The lowest BCUT2D eigenvalue weighted by Crippen LogP contribution is -2.14. The van der Waals surface area contributed by atoms with Gasteiger partial charge in [0.1, 0.15) is 5.03 Å². The van der Waals surface area contributed by atoms with E-state index in [-0.39, 0.29) is 5.56 Å². The fourth-order valence-corrected chi connectivity index (χ4v) is 2.31. The number of nitrogens with one attached hydrogen (secondary N) is 1. The first-order valence-electron chi connectivity index (χ1n) is 5.44. The van der Waals surface area contributed by atoms with Gasteiger partial charge in [0.25, 0.3) is 0 Å². The van der Waals surface area contributed by atoms with Crippen molar-refractivity contribution in [3.63, 3.8) is 0 Å². The minimum atomic E-state index is -0.949. The fourth-order valence-electron chi connectivity index (χ4n) is 1.41. The van der Waals surface area contributed by atoms with Crippen molar-refractivity contribution in [2.24, 2.45) is 0 Å². The first-order chi connectivity index (χ1) is 9.06. The average molecular weight is 277 g/mol. The number of aryl methyl sites for hydroxylation is 1. The largest absolute Gasteiger partial charge is 0.478 e. The van der Waals surface area contributed by atoms with Gasteiger partial charge in [-0.3, -0.25) is 0 Å². The molecule has 98 valence electrons. The molecule has 0 aliphatic carbocycles. The van der Waals surface area contributed by atoms with Crippen LogP contribution in [0.2, 0.25) is 0 Å². The number of aromatic amines is 1. The minimum Gasteiger partial charge on any atom is -0.478 e. The minimum absolute atomic E-state index is 0.251. The number of carbonyl (C=O) groups is 1. The normalized spacial score (nSPS) is 10.4. The first kappa shape index (κ1) is 13.3. The highest BCUT2D eigenvalue weighted by molar-refractivity contribution is 7.98. The third-order valence-corrected chi connectivity index (χ3v) is 3.55. The molecular weight excluding hydrogens is 266 g/mol. The molecule has 0 amide bonds. The number of hydrogen-bond acceptors (Lipinski definition) is 5. The second-order valence-corrected chi connectivity index (χ2v) is 4.79. The number of nitrogens with zero attached hydrogens (tertiary/aromatic N) is 2. The summed E-state index contributed by atoms with van der Waals surface area (Å²) in [6.07, 6.45) is 0. The van der Waals surface area contributed by atoms with Gasteiger partial charge in [-0.15, -0.1) is 0 Å². The maximum atomic E-state index is 11.1. The Kier molecular flexibility index (Phi) is 3.96. The lowest BCUT2D eigenvalue weighted by molar-refractivity contribution is 0.0697. The van der Waals surface area contributed by atoms with Gasteiger partial charge in [0.15, 0.2) is 0 Å². The van der Waals surface area contributed by atoms with E-state index in [1.165, 1.54) is 11.8 Å². The Bertz CT molecular complexity index is 652.